The zero-order chi connectivity index (χ0) is 11.5. The number of hydrogen-bond donors (Lipinski definition) is 0. The summed E-state index contributed by atoms with van der Waals surface area (Å²) < 4.78 is 26.8. The molecule has 0 atom stereocenters. The summed E-state index contributed by atoms with van der Waals surface area (Å²) >= 11 is 0. The molecule has 0 radical (unpaired) electrons. The summed E-state index contributed by atoms with van der Waals surface area (Å²) in [6, 6.07) is 4.01. The van der Waals surface area contributed by atoms with Crippen molar-refractivity contribution in [2.45, 2.75) is 19.3 Å². The minimum Gasteiger partial charge on any atom is -0.371 e. The molecule has 1 aliphatic heterocycles. The Bertz CT molecular complexity index is 408. The van der Waals surface area contributed by atoms with Gasteiger partial charge in [0.05, 0.1) is 0 Å². The van der Waals surface area contributed by atoms with Crippen LogP contribution in [0.5, 0.6) is 0 Å². The van der Waals surface area contributed by atoms with E-state index in [1.54, 1.807) is 0 Å². The van der Waals surface area contributed by atoms with Crippen LogP contribution < -0.4 is 4.90 Å². The van der Waals surface area contributed by atoms with Crippen molar-refractivity contribution in [2.24, 2.45) is 0 Å². The quantitative estimate of drug-likeness (QED) is 0.730. The van der Waals surface area contributed by atoms with Crippen LogP contribution in [0.2, 0.25) is 0 Å². The molecule has 1 aromatic carbocycles. The van der Waals surface area contributed by atoms with Crippen molar-refractivity contribution < 1.29 is 8.78 Å². The van der Waals surface area contributed by atoms with E-state index in [-0.39, 0.29) is 0 Å². The van der Waals surface area contributed by atoms with Crippen LogP contribution >= 0.6 is 0 Å². The predicted molar refractivity (Wildman–Crippen MR) is 57.1 cm³/mol. The van der Waals surface area contributed by atoms with Gasteiger partial charge in [0.15, 0.2) is 0 Å². The molecule has 16 heavy (non-hydrogen) atoms. The molecule has 2 rings (SSSR count). The SMILES string of the molecule is N#Cc1c(F)cc(N2CCCCC2)cc1F. The second-order valence-corrected chi connectivity index (χ2v) is 3.94. The minimum atomic E-state index is -0.775. The Morgan fingerprint density at radius 2 is 1.62 bits per heavy atom. The van der Waals surface area contributed by atoms with Crippen molar-refractivity contribution in [3.8, 4) is 6.07 Å². The molecule has 1 saturated heterocycles. The smallest absolute Gasteiger partial charge is 0.146 e. The molecule has 0 spiro atoms. The minimum absolute atomic E-state index is 0.499. The average molecular weight is 222 g/mol. The van der Waals surface area contributed by atoms with Gasteiger partial charge >= 0.3 is 0 Å². The van der Waals surface area contributed by atoms with E-state index >= 15 is 0 Å². The third-order valence-electron chi connectivity index (χ3n) is 2.86. The second kappa shape index (κ2) is 4.48. The Hall–Kier alpha value is -1.63. The lowest BCUT2D eigenvalue weighted by Crippen LogP contribution is -2.29. The van der Waals surface area contributed by atoms with E-state index in [1.165, 1.54) is 18.2 Å². The van der Waals surface area contributed by atoms with E-state index in [0.717, 1.165) is 32.4 Å². The third kappa shape index (κ3) is 1.99. The number of benzene rings is 1. The molecule has 0 amide bonds. The van der Waals surface area contributed by atoms with Gasteiger partial charge in [0.25, 0.3) is 0 Å². The molecule has 1 aromatic rings. The van der Waals surface area contributed by atoms with Gasteiger partial charge in [-0.3, -0.25) is 0 Å². The van der Waals surface area contributed by atoms with Crippen LogP contribution in [0.3, 0.4) is 0 Å². The van der Waals surface area contributed by atoms with Gasteiger partial charge < -0.3 is 4.90 Å². The van der Waals surface area contributed by atoms with Crippen LogP contribution in [-0.2, 0) is 0 Å². The summed E-state index contributed by atoms with van der Waals surface area (Å²) in [6.45, 7) is 1.65. The number of rotatable bonds is 1. The van der Waals surface area contributed by atoms with Gasteiger partial charge in [-0.25, -0.2) is 8.78 Å². The number of nitriles is 1. The molecule has 0 bridgehead atoms. The largest absolute Gasteiger partial charge is 0.371 e. The predicted octanol–water partition coefficient (Wildman–Crippen LogP) is 2.83. The molecule has 1 fully saturated rings. The molecule has 1 aliphatic rings. The fourth-order valence-electron chi connectivity index (χ4n) is 2.00. The van der Waals surface area contributed by atoms with Gasteiger partial charge in [-0.2, -0.15) is 5.26 Å². The Morgan fingerprint density at radius 1 is 1.06 bits per heavy atom. The summed E-state index contributed by atoms with van der Waals surface area (Å²) in [7, 11) is 0. The topological polar surface area (TPSA) is 27.0 Å². The maximum absolute atomic E-state index is 13.4. The highest BCUT2D eigenvalue weighted by molar-refractivity contribution is 5.51. The lowest BCUT2D eigenvalue weighted by Gasteiger charge is -2.28. The number of halogens is 2. The molecule has 0 unspecified atom stereocenters. The fourth-order valence-corrected chi connectivity index (χ4v) is 2.00. The molecule has 0 N–H and O–H groups in total. The van der Waals surface area contributed by atoms with Gasteiger partial charge in [0.1, 0.15) is 23.3 Å². The molecule has 84 valence electrons. The molecule has 1 heterocycles. The van der Waals surface area contributed by atoms with Gasteiger partial charge in [-0.05, 0) is 31.4 Å². The van der Waals surface area contributed by atoms with Crippen molar-refractivity contribution in [3.05, 3.63) is 29.3 Å². The first kappa shape index (κ1) is 10.9. The van der Waals surface area contributed by atoms with Crippen LogP contribution in [0.4, 0.5) is 14.5 Å². The lowest BCUT2D eigenvalue weighted by molar-refractivity contribution is 0.558. The van der Waals surface area contributed by atoms with Crippen molar-refractivity contribution >= 4 is 5.69 Å². The van der Waals surface area contributed by atoms with E-state index in [4.69, 9.17) is 5.26 Å². The van der Waals surface area contributed by atoms with Crippen LogP contribution in [0.1, 0.15) is 24.8 Å². The molecule has 0 aromatic heterocycles. The third-order valence-corrected chi connectivity index (χ3v) is 2.86. The standard InChI is InChI=1S/C12H12F2N2/c13-11-6-9(7-12(14)10(11)8-15)16-4-2-1-3-5-16/h6-7H,1-5H2. The highest BCUT2D eigenvalue weighted by Gasteiger charge is 2.16. The van der Waals surface area contributed by atoms with Crippen LogP contribution in [0.15, 0.2) is 12.1 Å². The van der Waals surface area contributed by atoms with Crippen molar-refractivity contribution in [1.82, 2.24) is 0 Å². The molecular weight excluding hydrogens is 210 g/mol. The summed E-state index contributed by atoms with van der Waals surface area (Å²) in [4.78, 5) is 1.96. The summed E-state index contributed by atoms with van der Waals surface area (Å²) in [6.07, 6.45) is 3.25. The lowest BCUT2D eigenvalue weighted by atomic mass is 10.1. The monoisotopic (exact) mass is 222 g/mol. The number of anilines is 1. The highest BCUT2D eigenvalue weighted by Crippen LogP contribution is 2.24. The molecular formula is C12H12F2N2. The number of nitrogens with zero attached hydrogens (tertiary/aromatic N) is 2. The summed E-state index contributed by atoms with van der Waals surface area (Å²) in [5.41, 5.74) is 0.0365. The Kier molecular flexibility index (Phi) is 3.04. The van der Waals surface area contributed by atoms with E-state index in [0.29, 0.717) is 5.69 Å². The highest BCUT2D eigenvalue weighted by atomic mass is 19.1. The van der Waals surface area contributed by atoms with Gasteiger partial charge in [-0.15, -0.1) is 0 Å². The maximum atomic E-state index is 13.4. The Morgan fingerprint density at radius 3 is 2.12 bits per heavy atom. The van der Waals surface area contributed by atoms with Crippen molar-refractivity contribution in [3.63, 3.8) is 0 Å². The van der Waals surface area contributed by atoms with E-state index in [9.17, 15) is 8.78 Å². The van der Waals surface area contributed by atoms with Crippen LogP contribution in [0, 0.1) is 23.0 Å². The number of piperidine rings is 1. The zero-order valence-corrected chi connectivity index (χ0v) is 8.84. The fraction of sp³-hybridized carbons (Fsp3) is 0.417. The van der Waals surface area contributed by atoms with Gasteiger partial charge in [0.2, 0.25) is 0 Å². The van der Waals surface area contributed by atoms with Crippen molar-refractivity contribution in [2.75, 3.05) is 18.0 Å². The van der Waals surface area contributed by atoms with Crippen LogP contribution in [0.25, 0.3) is 0 Å². The molecule has 4 heteroatoms. The zero-order valence-electron chi connectivity index (χ0n) is 8.84. The molecule has 0 saturated carbocycles. The Balaban J connectivity index is 2.32. The first-order valence-electron chi connectivity index (χ1n) is 5.36. The van der Waals surface area contributed by atoms with Crippen LogP contribution in [-0.4, -0.2) is 13.1 Å². The molecule has 2 nitrogen and oxygen atoms in total. The van der Waals surface area contributed by atoms with Gasteiger partial charge in [-0.1, -0.05) is 0 Å². The van der Waals surface area contributed by atoms with E-state index < -0.39 is 17.2 Å². The first-order chi connectivity index (χ1) is 7.72. The normalized spacial score (nSPS) is 15.9. The number of hydrogen-bond acceptors (Lipinski definition) is 2. The Labute approximate surface area is 93.1 Å². The van der Waals surface area contributed by atoms with E-state index in [1.807, 2.05) is 4.90 Å². The molecule has 0 aliphatic carbocycles. The maximum Gasteiger partial charge on any atom is 0.146 e. The summed E-state index contributed by atoms with van der Waals surface area (Å²) in [5.74, 6) is -1.55. The second-order valence-electron chi connectivity index (χ2n) is 3.94. The van der Waals surface area contributed by atoms with Crippen molar-refractivity contribution in [1.29, 1.82) is 5.26 Å². The van der Waals surface area contributed by atoms with Gasteiger partial charge in [0, 0.05) is 18.8 Å². The summed E-state index contributed by atoms with van der Waals surface area (Å²) in [5, 5.41) is 8.56. The van der Waals surface area contributed by atoms with E-state index in [2.05, 4.69) is 0 Å². The first-order valence-corrected chi connectivity index (χ1v) is 5.36. The average Bonchev–Trinajstić information content (AvgIpc) is 2.30.